The molecular weight excluding hydrogens is 248 g/mol. The third-order valence-electron chi connectivity index (χ3n) is 4.72. The minimum atomic E-state index is 0.340. The fraction of sp³-hybridized carbons (Fsp3) is 0.647. The van der Waals surface area contributed by atoms with E-state index >= 15 is 0 Å². The van der Waals surface area contributed by atoms with Gasteiger partial charge in [0, 0.05) is 32.8 Å². The lowest BCUT2D eigenvalue weighted by Gasteiger charge is -2.37. The molecular formula is C17H28N2O. The quantitative estimate of drug-likeness (QED) is 0.919. The first kappa shape index (κ1) is 15.5. The van der Waals surface area contributed by atoms with Crippen LogP contribution >= 0.6 is 0 Å². The molecule has 1 unspecified atom stereocenters. The van der Waals surface area contributed by atoms with Gasteiger partial charge >= 0.3 is 0 Å². The van der Waals surface area contributed by atoms with Gasteiger partial charge in [-0.15, -0.1) is 0 Å². The zero-order valence-corrected chi connectivity index (χ0v) is 13.3. The number of nitrogens with two attached hydrogens (primary N) is 1. The Balaban J connectivity index is 2.18. The summed E-state index contributed by atoms with van der Waals surface area (Å²) in [6.45, 7) is 9.39. The summed E-state index contributed by atoms with van der Waals surface area (Å²) >= 11 is 0. The summed E-state index contributed by atoms with van der Waals surface area (Å²) in [5, 5.41) is 0. The summed E-state index contributed by atoms with van der Waals surface area (Å²) in [6, 6.07) is 4.95. The molecule has 3 nitrogen and oxygen atoms in total. The second-order valence-corrected chi connectivity index (χ2v) is 6.02. The van der Waals surface area contributed by atoms with Gasteiger partial charge in [-0.05, 0) is 55.9 Å². The Morgan fingerprint density at radius 1 is 1.15 bits per heavy atom. The number of aryl methyl sites for hydroxylation is 3. The van der Waals surface area contributed by atoms with Crippen LogP contribution in [0.5, 0.6) is 0 Å². The third-order valence-corrected chi connectivity index (χ3v) is 4.72. The molecule has 0 saturated carbocycles. The molecule has 0 aromatic heterocycles. The van der Waals surface area contributed by atoms with E-state index in [2.05, 4.69) is 37.8 Å². The monoisotopic (exact) mass is 276 g/mol. The van der Waals surface area contributed by atoms with Crippen LogP contribution in [0.1, 0.15) is 41.1 Å². The van der Waals surface area contributed by atoms with Crippen molar-refractivity contribution >= 4 is 0 Å². The van der Waals surface area contributed by atoms with Crippen molar-refractivity contribution in [2.24, 2.45) is 5.73 Å². The second-order valence-electron chi connectivity index (χ2n) is 6.02. The molecule has 0 spiro atoms. The number of piperidine rings is 1. The molecule has 1 aromatic rings. The Labute approximate surface area is 123 Å². The van der Waals surface area contributed by atoms with Crippen molar-refractivity contribution in [1.29, 1.82) is 0 Å². The number of hydrogen-bond donors (Lipinski definition) is 1. The van der Waals surface area contributed by atoms with Gasteiger partial charge in [-0.2, -0.15) is 0 Å². The van der Waals surface area contributed by atoms with Crippen LogP contribution in [-0.2, 0) is 4.74 Å². The van der Waals surface area contributed by atoms with Crippen LogP contribution in [0.3, 0.4) is 0 Å². The van der Waals surface area contributed by atoms with E-state index < -0.39 is 0 Å². The summed E-state index contributed by atoms with van der Waals surface area (Å²) in [5.74, 6) is 0. The van der Waals surface area contributed by atoms with Crippen molar-refractivity contribution in [3.05, 3.63) is 34.4 Å². The molecule has 0 amide bonds. The molecule has 112 valence electrons. The van der Waals surface area contributed by atoms with E-state index in [0.717, 1.165) is 25.9 Å². The predicted octanol–water partition coefficient (Wildman–Crippen LogP) is 2.72. The first-order chi connectivity index (χ1) is 9.56. The molecule has 1 heterocycles. The summed E-state index contributed by atoms with van der Waals surface area (Å²) in [7, 11) is 1.81. The molecule has 1 aliphatic heterocycles. The SMILES string of the molecule is COC1CCN(C(CN)c2cc(C)c(C)cc2C)CC1. The van der Waals surface area contributed by atoms with Crippen LogP contribution in [0.2, 0.25) is 0 Å². The van der Waals surface area contributed by atoms with Crippen LogP contribution in [-0.4, -0.2) is 37.7 Å². The number of rotatable bonds is 4. The van der Waals surface area contributed by atoms with Crippen LogP contribution in [0.4, 0.5) is 0 Å². The summed E-state index contributed by atoms with van der Waals surface area (Å²) in [6.07, 6.45) is 2.64. The van der Waals surface area contributed by atoms with Gasteiger partial charge < -0.3 is 10.5 Å². The van der Waals surface area contributed by atoms with Crippen molar-refractivity contribution in [3.8, 4) is 0 Å². The maximum absolute atomic E-state index is 6.09. The molecule has 2 N–H and O–H groups in total. The third kappa shape index (κ3) is 3.22. The van der Waals surface area contributed by atoms with Gasteiger partial charge in [-0.3, -0.25) is 4.90 Å². The Morgan fingerprint density at radius 2 is 1.75 bits per heavy atom. The minimum absolute atomic E-state index is 0.340. The maximum atomic E-state index is 6.09. The van der Waals surface area contributed by atoms with Gasteiger partial charge in [-0.25, -0.2) is 0 Å². The maximum Gasteiger partial charge on any atom is 0.0595 e. The highest BCUT2D eigenvalue weighted by atomic mass is 16.5. The van der Waals surface area contributed by atoms with Crippen LogP contribution < -0.4 is 5.73 Å². The summed E-state index contributed by atoms with van der Waals surface area (Å²) < 4.78 is 5.46. The molecule has 20 heavy (non-hydrogen) atoms. The zero-order valence-electron chi connectivity index (χ0n) is 13.3. The number of hydrogen-bond acceptors (Lipinski definition) is 3. The van der Waals surface area contributed by atoms with Gasteiger partial charge in [-0.1, -0.05) is 12.1 Å². The first-order valence-electron chi connectivity index (χ1n) is 7.61. The standard InChI is InChI=1S/C17H28N2O/c1-12-9-14(3)16(10-13(12)2)17(11-18)19-7-5-15(20-4)6-8-19/h9-10,15,17H,5-8,11,18H2,1-4H3. The highest BCUT2D eigenvalue weighted by Crippen LogP contribution is 2.28. The number of benzene rings is 1. The fourth-order valence-electron chi connectivity index (χ4n) is 3.24. The summed E-state index contributed by atoms with van der Waals surface area (Å²) in [4.78, 5) is 2.52. The second kappa shape index (κ2) is 6.70. The topological polar surface area (TPSA) is 38.5 Å². The average Bonchev–Trinajstić information content (AvgIpc) is 2.46. The average molecular weight is 276 g/mol. The Bertz CT molecular complexity index is 451. The van der Waals surface area contributed by atoms with Crippen LogP contribution in [0.15, 0.2) is 12.1 Å². The molecule has 0 bridgehead atoms. The van der Waals surface area contributed by atoms with Crippen molar-refractivity contribution < 1.29 is 4.74 Å². The number of nitrogens with zero attached hydrogens (tertiary/aromatic N) is 1. The predicted molar refractivity (Wildman–Crippen MR) is 84.1 cm³/mol. The number of likely N-dealkylation sites (tertiary alicyclic amines) is 1. The molecule has 1 atom stereocenters. The highest BCUT2D eigenvalue weighted by Gasteiger charge is 2.26. The van der Waals surface area contributed by atoms with E-state index in [0.29, 0.717) is 18.7 Å². The van der Waals surface area contributed by atoms with Gasteiger partial charge in [0.1, 0.15) is 0 Å². The normalized spacial score (nSPS) is 19.2. The van der Waals surface area contributed by atoms with Crippen LogP contribution in [0.25, 0.3) is 0 Å². The lowest BCUT2D eigenvalue weighted by atomic mass is 9.93. The van der Waals surface area contributed by atoms with E-state index in [-0.39, 0.29) is 0 Å². The van der Waals surface area contributed by atoms with E-state index in [1.165, 1.54) is 22.3 Å². The van der Waals surface area contributed by atoms with E-state index in [9.17, 15) is 0 Å². The first-order valence-corrected chi connectivity index (χ1v) is 7.61. The van der Waals surface area contributed by atoms with Crippen molar-refractivity contribution in [3.63, 3.8) is 0 Å². The van der Waals surface area contributed by atoms with E-state index in [4.69, 9.17) is 10.5 Å². The minimum Gasteiger partial charge on any atom is -0.381 e. The number of ether oxygens (including phenoxy) is 1. The van der Waals surface area contributed by atoms with Crippen LogP contribution in [0, 0.1) is 20.8 Å². The Morgan fingerprint density at radius 3 is 2.30 bits per heavy atom. The molecule has 1 aromatic carbocycles. The van der Waals surface area contributed by atoms with E-state index in [1.807, 2.05) is 7.11 Å². The zero-order chi connectivity index (χ0) is 14.7. The Kier molecular flexibility index (Phi) is 5.19. The molecule has 3 heteroatoms. The highest BCUT2D eigenvalue weighted by molar-refractivity contribution is 5.38. The van der Waals surface area contributed by atoms with Gasteiger partial charge in [0.05, 0.1) is 6.10 Å². The van der Waals surface area contributed by atoms with Crippen molar-refractivity contribution in [2.75, 3.05) is 26.7 Å². The summed E-state index contributed by atoms with van der Waals surface area (Å²) in [5.41, 5.74) is 11.6. The molecule has 1 aliphatic rings. The largest absolute Gasteiger partial charge is 0.381 e. The molecule has 0 aliphatic carbocycles. The lowest BCUT2D eigenvalue weighted by molar-refractivity contribution is 0.0279. The number of methoxy groups -OCH3 is 1. The molecule has 2 rings (SSSR count). The fourth-order valence-corrected chi connectivity index (χ4v) is 3.24. The van der Waals surface area contributed by atoms with Crippen molar-refractivity contribution in [2.45, 2.75) is 45.8 Å². The van der Waals surface area contributed by atoms with Gasteiger partial charge in [0.15, 0.2) is 0 Å². The molecule has 1 fully saturated rings. The van der Waals surface area contributed by atoms with Crippen molar-refractivity contribution in [1.82, 2.24) is 4.90 Å². The van der Waals surface area contributed by atoms with Gasteiger partial charge in [0.25, 0.3) is 0 Å². The Hall–Kier alpha value is -0.900. The smallest absolute Gasteiger partial charge is 0.0595 e. The lowest BCUT2D eigenvalue weighted by Crippen LogP contribution is -2.41. The molecule has 0 radical (unpaired) electrons. The van der Waals surface area contributed by atoms with E-state index in [1.54, 1.807) is 0 Å². The van der Waals surface area contributed by atoms with Gasteiger partial charge in [0.2, 0.25) is 0 Å². The molecule has 1 saturated heterocycles.